The van der Waals surface area contributed by atoms with Crippen LogP contribution in [0.4, 0.5) is 0 Å². The van der Waals surface area contributed by atoms with E-state index in [1.54, 1.807) is 0 Å². The fourth-order valence-electron chi connectivity index (χ4n) is 2.68. The van der Waals surface area contributed by atoms with Gasteiger partial charge >= 0.3 is 101 Å². The molecule has 46 heavy (non-hydrogen) atoms. The van der Waals surface area contributed by atoms with Gasteiger partial charge in [0.1, 0.15) is 39.6 Å². The van der Waals surface area contributed by atoms with Gasteiger partial charge < -0.3 is 49.6 Å². The molecule has 0 bridgehead atoms. The first kappa shape index (κ1) is 55.7. The van der Waals surface area contributed by atoms with Gasteiger partial charge in [-0.25, -0.2) is 28.8 Å². The van der Waals surface area contributed by atoms with Crippen LogP contribution in [-0.2, 0) is 144 Å². The van der Waals surface area contributed by atoms with Crippen LogP contribution in [0.3, 0.4) is 0 Å². The van der Waals surface area contributed by atoms with Crippen LogP contribution >= 0.6 is 0 Å². The van der Waals surface area contributed by atoms with E-state index in [4.69, 9.17) is 33.2 Å². The number of hydrogen-bond donors (Lipinski definition) is 0. The molecule has 0 atom stereocenters. The summed E-state index contributed by atoms with van der Waals surface area (Å²) < 4.78 is 36.7. The summed E-state index contributed by atoms with van der Waals surface area (Å²) in [6.07, 6.45) is 5.32. The molecule has 0 saturated heterocycles. The normalized spacial score (nSPS) is 9.39. The number of carbonyl (C=O) groups is 6. The van der Waals surface area contributed by atoms with Gasteiger partial charge in [-0.15, -0.1) is 0 Å². The quantitative estimate of drug-likeness (QED) is 0.0842. The topological polar surface area (TPSA) is 253 Å². The first-order valence-electron chi connectivity index (χ1n) is 11.8. The van der Waals surface area contributed by atoms with E-state index in [-0.39, 0.29) is 81.8 Å². The van der Waals surface area contributed by atoms with E-state index in [2.05, 4.69) is 39.5 Å². The van der Waals surface area contributed by atoms with Crippen LogP contribution in [0.2, 0.25) is 0 Å². The van der Waals surface area contributed by atoms with Crippen LogP contribution in [0.15, 0.2) is 75.9 Å². The molecule has 0 rings (SSSR count). The Bertz CT molecular complexity index is 841. The Kier molecular flexibility index (Phi) is 37.5. The van der Waals surface area contributed by atoms with E-state index in [1.807, 2.05) is 0 Å². The summed E-state index contributed by atoms with van der Waals surface area (Å²) in [6.45, 7) is 16.1. The zero-order valence-electron chi connectivity index (χ0n) is 25.1. The molecule has 0 aromatic heterocycles. The third-order valence-corrected chi connectivity index (χ3v) is 4.94. The molecule has 0 aliphatic rings. The summed E-state index contributed by atoms with van der Waals surface area (Å²) in [4.78, 5) is 70.9. The zero-order chi connectivity index (χ0) is 31.3. The molecule has 0 spiro atoms. The Morgan fingerprint density at radius 1 is 0.370 bits per heavy atom. The van der Waals surface area contributed by atoms with Crippen LogP contribution in [0, 0.1) is 10.8 Å². The number of carbonyl (C=O) groups excluding carboxylic acids is 6. The van der Waals surface area contributed by atoms with Crippen molar-refractivity contribution < 1.29 is 144 Å². The Morgan fingerprint density at radius 2 is 0.522 bits per heavy atom. The molecule has 0 heterocycles. The van der Waals surface area contributed by atoms with Gasteiger partial charge in [0.05, 0.1) is 24.0 Å². The first-order chi connectivity index (χ1) is 19.4. The standard InChI is InChI=1S/C28H34O13.3O.2Y/c1-7-21(29)36-15-27(16-37-22(30)8-2,17-38-23(31)9-3)13-35-14-28(18-39-24(32)10-4,19-40-25(33)11-5)20-41-26(34)12-6;;;;;/h7-12H,1-6,13-20H2;;;;;/q;3*-2;2*+3. The van der Waals surface area contributed by atoms with Crippen LogP contribution in [-0.4, -0.2) is 88.7 Å². The van der Waals surface area contributed by atoms with Crippen molar-refractivity contribution in [1.29, 1.82) is 0 Å². The molecule has 0 aromatic carbocycles. The summed E-state index contributed by atoms with van der Waals surface area (Å²) in [5.41, 5.74) is -2.98. The molecule has 0 N–H and O–H groups in total. The molecule has 18 heteroatoms. The van der Waals surface area contributed by atoms with Gasteiger partial charge in [0.15, 0.2) is 0 Å². The van der Waals surface area contributed by atoms with E-state index in [0.717, 1.165) is 36.5 Å². The second-order valence-corrected chi connectivity index (χ2v) is 8.36. The number of ether oxygens (including phenoxy) is 7. The molecule has 0 unspecified atom stereocenters. The molecular weight excluding hydrogens is 770 g/mol. The van der Waals surface area contributed by atoms with E-state index in [1.165, 1.54) is 0 Å². The summed E-state index contributed by atoms with van der Waals surface area (Å²) in [6, 6.07) is 0. The van der Waals surface area contributed by atoms with Gasteiger partial charge in [-0.3, -0.25) is 0 Å². The second-order valence-electron chi connectivity index (χ2n) is 8.36. The maximum Gasteiger partial charge on any atom is 3.00 e. The SMILES string of the molecule is C=CC(=O)OCC(COCC(COC(=O)C=C)(COC(=O)C=C)COC(=O)C=C)(COC(=O)C=C)COC(=O)C=C.[O-2].[O-2].[O-2].[Y+3].[Y+3]. The Balaban J connectivity index is -0.000000800. The second kappa shape index (κ2) is 30.9. The third-order valence-electron chi connectivity index (χ3n) is 4.94. The van der Waals surface area contributed by atoms with Crippen LogP contribution < -0.4 is 0 Å². The average Bonchev–Trinajstić information content (AvgIpc) is 3.00. The summed E-state index contributed by atoms with van der Waals surface area (Å²) in [7, 11) is 0. The maximum absolute atomic E-state index is 11.8. The average molecular weight is 804 g/mol. The monoisotopic (exact) mass is 804 g/mol. The van der Waals surface area contributed by atoms with Crippen molar-refractivity contribution in [2.24, 2.45) is 10.8 Å². The summed E-state index contributed by atoms with van der Waals surface area (Å²) in [5.74, 6) is -5.01. The van der Waals surface area contributed by atoms with Crippen molar-refractivity contribution in [3.8, 4) is 0 Å². The van der Waals surface area contributed by atoms with Crippen molar-refractivity contribution in [1.82, 2.24) is 0 Å². The van der Waals surface area contributed by atoms with Crippen molar-refractivity contribution >= 4 is 35.8 Å². The van der Waals surface area contributed by atoms with Gasteiger partial charge in [0.25, 0.3) is 0 Å². The largest absolute Gasteiger partial charge is 3.00 e. The molecule has 0 amide bonds. The minimum atomic E-state index is -1.49. The van der Waals surface area contributed by atoms with E-state index in [0.29, 0.717) is 0 Å². The third kappa shape index (κ3) is 23.6. The van der Waals surface area contributed by atoms with Gasteiger partial charge in [-0.1, -0.05) is 39.5 Å². The summed E-state index contributed by atoms with van der Waals surface area (Å²) >= 11 is 0. The predicted molar refractivity (Wildman–Crippen MR) is 145 cm³/mol. The smallest absolute Gasteiger partial charge is 2.00 e. The Labute approximate surface area is 316 Å². The van der Waals surface area contributed by atoms with E-state index in [9.17, 15) is 28.8 Å². The fraction of sp³-hybridized carbons (Fsp3) is 0.357. The van der Waals surface area contributed by atoms with Crippen molar-refractivity contribution in [2.75, 3.05) is 52.9 Å². The van der Waals surface area contributed by atoms with Crippen molar-refractivity contribution in [3.05, 3.63) is 75.9 Å². The van der Waals surface area contributed by atoms with Crippen LogP contribution in [0.25, 0.3) is 0 Å². The fourth-order valence-corrected chi connectivity index (χ4v) is 2.68. The number of rotatable bonds is 22. The molecule has 248 valence electrons. The van der Waals surface area contributed by atoms with E-state index < -0.39 is 99.5 Å². The zero-order valence-corrected chi connectivity index (χ0v) is 30.7. The number of esters is 6. The summed E-state index contributed by atoms with van der Waals surface area (Å²) in [5, 5.41) is 0. The van der Waals surface area contributed by atoms with Gasteiger partial charge in [-0.05, 0) is 0 Å². The molecule has 0 aromatic rings. The minimum absolute atomic E-state index is 0. The van der Waals surface area contributed by atoms with E-state index >= 15 is 0 Å². The molecular formula is C28H34O16Y2. The predicted octanol–water partition coefficient (Wildman–Crippen LogP) is 0.990. The first-order valence-corrected chi connectivity index (χ1v) is 11.8. The Hall–Kier alpha value is -2.69. The van der Waals surface area contributed by atoms with Gasteiger partial charge in [0.2, 0.25) is 0 Å². The Morgan fingerprint density at radius 3 is 0.652 bits per heavy atom. The van der Waals surface area contributed by atoms with Crippen LogP contribution in [0.1, 0.15) is 0 Å². The van der Waals surface area contributed by atoms with Crippen molar-refractivity contribution in [2.45, 2.75) is 0 Å². The van der Waals surface area contributed by atoms with Crippen molar-refractivity contribution in [3.63, 3.8) is 0 Å². The molecule has 0 saturated carbocycles. The minimum Gasteiger partial charge on any atom is -2.00 e. The maximum atomic E-state index is 11.8. The molecule has 0 fully saturated rings. The van der Waals surface area contributed by atoms with Gasteiger partial charge in [0, 0.05) is 36.5 Å². The molecule has 0 aliphatic carbocycles. The van der Waals surface area contributed by atoms with Crippen LogP contribution in [0.5, 0.6) is 0 Å². The molecule has 0 radical (unpaired) electrons. The number of hydrogen-bond acceptors (Lipinski definition) is 13. The molecule has 0 aliphatic heterocycles. The van der Waals surface area contributed by atoms with Gasteiger partial charge in [-0.2, -0.15) is 0 Å². The molecule has 16 nitrogen and oxygen atoms in total.